The van der Waals surface area contributed by atoms with E-state index in [0.717, 1.165) is 34.2 Å². The van der Waals surface area contributed by atoms with E-state index in [1.165, 1.54) is 0 Å². The number of allylic oxidation sites excluding steroid dienone is 1. The molecule has 0 aliphatic heterocycles. The second-order valence-electron chi connectivity index (χ2n) is 3.57. The molecule has 0 spiro atoms. The van der Waals surface area contributed by atoms with Gasteiger partial charge in [0.25, 0.3) is 0 Å². The monoisotopic (exact) mass is 286 g/mol. The zero-order chi connectivity index (χ0) is 10.8. The molecule has 0 radical (unpaired) electrons. The third kappa shape index (κ3) is 2.16. The minimum absolute atomic E-state index is 0.601. The number of rotatable bonds is 2. The molecule has 2 rings (SSSR count). The lowest BCUT2D eigenvalue weighted by atomic mass is 9.91. The van der Waals surface area contributed by atoms with Gasteiger partial charge in [-0.25, -0.2) is 4.79 Å². The first-order valence-electron chi connectivity index (χ1n) is 4.89. The Morgan fingerprint density at radius 2 is 2.13 bits per heavy atom. The molecule has 1 aliphatic rings. The Kier molecular flexibility index (Phi) is 3.26. The van der Waals surface area contributed by atoms with Crippen LogP contribution in [0.15, 0.2) is 21.5 Å². The molecule has 0 atom stereocenters. The lowest BCUT2D eigenvalue weighted by Crippen LogP contribution is -2.08. The minimum Gasteiger partial charge on any atom is -0.478 e. The molecular weight excluding hydrogens is 276 g/mol. The van der Waals surface area contributed by atoms with Gasteiger partial charge in [-0.15, -0.1) is 11.3 Å². The summed E-state index contributed by atoms with van der Waals surface area (Å²) in [4.78, 5) is 12.2. The summed E-state index contributed by atoms with van der Waals surface area (Å²) in [6.45, 7) is 0. The average molecular weight is 287 g/mol. The summed E-state index contributed by atoms with van der Waals surface area (Å²) in [7, 11) is 0. The van der Waals surface area contributed by atoms with Crippen molar-refractivity contribution >= 4 is 38.8 Å². The Bertz CT molecular complexity index is 420. The van der Waals surface area contributed by atoms with Crippen molar-refractivity contribution in [3.8, 4) is 0 Å². The van der Waals surface area contributed by atoms with E-state index >= 15 is 0 Å². The molecule has 1 aliphatic carbocycles. The summed E-state index contributed by atoms with van der Waals surface area (Å²) >= 11 is 5.07. The maximum atomic E-state index is 11.1. The van der Waals surface area contributed by atoms with Crippen molar-refractivity contribution in [3.63, 3.8) is 0 Å². The molecule has 0 bridgehead atoms. The van der Waals surface area contributed by atoms with Gasteiger partial charge in [-0.1, -0.05) is 0 Å². The number of hydrogen-bond donors (Lipinski definition) is 1. The number of carboxylic acid groups (broad SMARTS) is 1. The standard InChI is InChI=1S/C11H11BrO2S/c12-9-5-6-15-10(9)7-3-1-2-4-8(7)11(13)14/h5-6H,1-4H2,(H,13,14). The van der Waals surface area contributed by atoms with E-state index in [2.05, 4.69) is 15.9 Å². The predicted octanol–water partition coefficient (Wildman–Crippen LogP) is 3.92. The van der Waals surface area contributed by atoms with Gasteiger partial charge < -0.3 is 5.11 Å². The summed E-state index contributed by atoms with van der Waals surface area (Å²) in [5, 5.41) is 11.1. The van der Waals surface area contributed by atoms with Crippen LogP contribution >= 0.6 is 27.3 Å². The minimum atomic E-state index is -0.759. The van der Waals surface area contributed by atoms with Crippen LogP contribution < -0.4 is 0 Å². The maximum Gasteiger partial charge on any atom is 0.331 e. The van der Waals surface area contributed by atoms with Crippen LogP contribution in [0.1, 0.15) is 30.6 Å². The second kappa shape index (κ2) is 4.49. The number of thiophene rings is 1. The third-order valence-corrected chi connectivity index (χ3v) is 4.51. The third-order valence-electron chi connectivity index (χ3n) is 2.62. The van der Waals surface area contributed by atoms with Crippen molar-refractivity contribution in [2.75, 3.05) is 0 Å². The smallest absolute Gasteiger partial charge is 0.331 e. The molecule has 4 heteroatoms. The Labute approximate surface area is 101 Å². The average Bonchev–Trinajstić information content (AvgIpc) is 2.64. The highest BCUT2D eigenvalue weighted by molar-refractivity contribution is 9.10. The lowest BCUT2D eigenvalue weighted by molar-refractivity contribution is -0.132. The SMILES string of the molecule is O=C(O)C1=C(c2sccc2Br)CCCC1. The molecule has 15 heavy (non-hydrogen) atoms. The van der Waals surface area contributed by atoms with Crippen molar-refractivity contribution < 1.29 is 9.90 Å². The van der Waals surface area contributed by atoms with E-state index in [1.807, 2.05) is 11.4 Å². The predicted molar refractivity (Wildman–Crippen MR) is 65.0 cm³/mol. The first kappa shape index (κ1) is 10.9. The zero-order valence-corrected chi connectivity index (χ0v) is 10.5. The van der Waals surface area contributed by atoms with Gasteiger partial charge in [0.2, 0.25) is 0 Å². The molecule has 0 aromatic carbocycles. The Morgan fingerprint density at radius 1 is 1.40 bits per heavy atom. The van der Waals surface area contributed by atoms with E-state index in [1.54, 1.807) is 11.3 Å². The summed E-state index contributed by atoms with van der Waals surface area (Å²) in [6, 6.07) is 1.97. The molecule has 0 saturated heterocycles. The van der Waals surface area contributed by atoms with E-state index in [4.69, 9.17) is 5.11 Å². The summed E-state index contributed by atoms with van der Waals surface area (Å²) in [5.41, 5.74) is 1.63. The van der Waals surface area contributed by atoms with Crippen LogP contribution in [0.4, 0.5) is 0 Å². The normalized spacial score (nSPS) is 16.9. The van der Waals surface area contributed by atoms with Crippen LogP contribution in [0.25, 0.3) is 5.57 Å². The van der Waals surface area contributed by atoms with Gasteiger partial charge in [0.05, 0.1) is 0 Å². The number of hydrogen-bond acceptors (Lipinski definition) is 2. The molecule has 0 fully saturated rings. The van der Waals surface area contributed by atoms with Crippen molar-refractivity contribution in [3.05, 3.63) is 26.4 Å². The number of aliphatic carboxylic acids is 1. The molecule has 1 N–H and O–H groups in total. The maximum absolute atomic E-state index is 11.1. The number of carboxylic acids is 1. The van der Waals surface area contributed by atoms with Crippen LogP contribution in [0.2, 0.25) is 0 Å². The van der Waals surface area contributed by atoms with Crippen LogP contribution in [0, 0.1) is 0 Å². The van der Waals surface area contributed by atoms with E-state index in [-0.39, 0.29) is 0 Å². The van der Waals surface area contributed by atoms with Gasteiger partial charge in [0.1, 0.15) is 0 Å². The molecule has 0 amide bonds. The van der Waals surface area contributed by atoms with Crippen molar-refractivity contribution in [1.29, 1.82) is 0 Å². The fourth-order valence-electron chi connectivity index (χ4n) is 1.90. The largest absolute Gasteiger partial charge is 0.478 e. The van der Waals surface area contributed by atoms with E-state index < -0.39 is 5.97 Å². The van der Waals surface area contributed by atoms with Gasteiger partial charge in [-0.3, -0.25) is 0 Å². The van der Waals surface area contributed by atoms with Crippen molar-refractivity contribution in [2.24, 2.45) is 0 Å². The first-order chi connectivity index (χ1) is 7.20. The molecule has 0 saturated carbocycles. The Balaban J connectivity index is 2.48. The van der Waals surface area contributed by atoms with Gasteiger partial charge in [0.15, 0.2) is 0 Å². The fraction of sp³-hybridized carbons (Fsp3) is 0.364. The van der Waals surface area contributed by atoms with Crippen LogP contribution in [-0.2, 0) is 4.79 Å². The summed E-state index contributed by atoms with van der Waals surface area (Å²) in [6.07, 6.45) is 3.68. The zero-order valence-electron chi connectivity index (χ0n) is 8.12. The highest BCUT2D eigenvalue weighted by Gasteiger charge is 2.21. The molecule has 1 aromatic heterocycles. The fourth-order valence-corrected chi connectivity index (χ4v) is 3.62. The van der Waals surface area contributed by atoms with Gasteiger partial charge in [0, 0.05) is 14.9 Å². The number of carbonyl (C=O) groups is 1. The topological polar surface area (TPSA) is 37.3 Å². The second-order valence-corrected chi connectivity index (χ2v) is 5.34. The van der Waals surface area contributed by atoms with Crippen molar-refractivity contribution in [1.82, 2.24) is 0 Å². The molecule has 1 aromatic rings. The van der Waals surface area contributed by atoms with Crippen molar-refractivity contribution in [2.45, 2.75) is 25.7 Å². The quantitative estimate of drug-likeness (QED) is 0.895. The lowest BCUT2D eigenvalue weighted by Gasteiger charge is -2.16. The van der Waals surface area contributed by atoms with E-state index in [0.29, 0.717) is 12.0 Å². The molecule has 80 valence electrons. The highest BCUT2D eigenvalue weighted by Crippen LogP contribution is 2.38. The summed E-state index contributed by atoms with van der Waals surface area (Å²) in [5.74, 6) is -0.759. The molecular formula is C11H11BrO2S. The highest BCUT2D eigenvalue weighted by atomic mass is 79.9. The van der Waals surface area contributed by atoms with Crippen LogP contribution in [0.3, 0.4) is 0 Å². The van der Waals surface area contributed by atoms with Crippen LogP contribution in [0.5, 0.6) is 0 Å². The molecule has 0 unspecified atom stereocenters. The molecule has 1 heterocycles. The van der Waals surface area contributed by atoms with Gasteiger partial charge >= 0.3 is 5.97 Å². The van der Waals surface area contributed by atoms with Crippen LogP contribution in [-0.4, -0.2) is 11.1 Å². The number of halogens is 1. The Hall–Kier alpha value is -0.610. The van der Waals surface area contributed by atoms with E-state index in [9.17, 15) is 4.79 Å². The summed E-state index contributed by atoms with van der Waals surface area (Å²) < 4.78 is 1.02. The Morgan fingerprint density at radius 3 is 2.73 bits per heavy atom. The first-order valence-corrected chi connectivity index (χ1v) is 6.56. The van der Waals surface area contributed by atoms with Gasteiger partial charge in [-0.2, -0.15) is 0 Å². The van der Waals surface area contributed by atoms with Gasteiger partial charge in [-0.05, 0) is 58.6 Å². The molecule has 2 nitrogen and oxygen atoms in total.